The Kier molecular flexibility index (Phi) is 5.45. The summed E-state index contributed by atoms with van der Waals surface area (Å²) in [6, 6.07) is 9.97. The normalized spacial score (nSPS) is 12.2. The van der Waals surface area contributed by atoms with Crippen LogP contribution in [0.1, 0.15) is 17.0 Å². The highest BCUT2D eigenvalue weighted by molar-refractivity contribution is 6.31. The quantitative estimate of drug-likeness (QED) is 0.881. The number of nitrogens with two attached hydrogens (primary N) is 1. The topological polar surface area (TPSA) is 35.2 Å². The molecule has 2 N–H and O–H groups in total. The number of methoxy groups -OCH3 is 1. The SMILES string of the molecule is COc1ccc(Cl)cc1C(CN)Cc1c(F)cccc1Cl. The van der Waals surface area contributed by atoms with Crippen LogP contribution >= 0.6 is 23.2 Å². The van der Waals surface area contributed by atoms with E-state index in [1.807, 2.05) is 0 Å². The summed E-state index contributed by atoms with van der Waals surface area (Å²) in [6.07, 6.45) is 0.388. The first-order chi connectivity index (χ1) is 10.1. The molecular formula is C16H16Cl2FNO. The molecule has 21 heavy (non-hydrogen) atoms. The van der Waals surface area contributed by atoms with E-state index in [-0.39, 0.29) is 11.7 Å². The first kappa shape index (κ1) is 16.1. The highest BCUT2D eigenvalue weighted by Crippen LogP contribution is 2.33. The third-order valence-corrected chi connectivity index (χ3v) is 4.02. The Morgan fingerprint density at radius 2 is 2.00 bits per heavy atom. The molecule has 1 unspecified atom stereocenters. The van der Waals surface area contributed by atoms with Gasteiger partial charge in [0.15, 0.2) is 0 Å². The van der Waals surface area contributed by atoms with E-state index in [2.05, 4.69) is 0 Å². The Hall–Kier alpha value is -1.29. The first-order valence-corrected chi connectivity index (χ1v) is 7.28. The van der Waals surface area contributed by atoms with Gasteiger partial charge in [-0.25, -0.2) is 4.39 Å². The molecular weight excluding hydrogens is 312 g/mol. The highest BCUT2D eigenvalue weighted by atomic mass is 35.5. The van der Waals surface area contributed by atoms with Crippen LogP contribution < -0.4 is 10.5 Å². The van der Waals surface area contributed by atoms with Gasteiger partial charge in [-0.15, -0.1) is 0 Å². The fraction of sp³-hybridized carbons (Fsp3) is 0.250. The molecule has 0 fully saturated rings. The molecule has 5 heteroatoms. The molecule has 0 aromatic heterocycles. The summed E-state index contributed by atoms with van der Waals surface area (Å²) in [5.41, 5.74) is 7.17. The van der Waals surface area contributed by atoms with E-state index < -0.39 is 0 Å². The van der Waals surface area contributed by atoms with Gasteiger partial charge >= 0.3 is 0 Å². The lowest BCUT2D eigenvalue weighted by Gasteiger charge is -2.19. The molecule has 2 rings (SSSR count). The third-order valence-electron chi connectivity index (χ3n) is 3.43. The Morgan fingerprint density at radius 1 is 1.24 bits per heavy atom. The van der Waals surface area contributed by atoms with Crippen molar-refractivity contribution in [3.8, 4) is 5.75 Å². The number of hydrogen-bond donors (Lipinski definition) is 1. The molecule has 0 amide bonds. The zero-order valence-electron chi connectivity index (χ0n) is 11.6. The smallest absolute Gasteiger partial charge is 0.127 e. The standard InChI is InChI=1S/C16H16Cl2FNO/c1-21-16-6-5-11(17)8-12(16)10(9-20)7-13-14(18)3-2-4-15(13)19/h2-6,8,10H,7,9,20H2,1H3. The van der Waals surface area contributed by atoms with Gasteiger partial charge in [0.05, 0.1) is 7.11 Å². The van der Waals surface area contributed by atoms with E-state index >= 15 is 0 Å². The van der Waals surface area contributed by atoms with E-state index in [1.165, 1.54) is 6.07 Å². The summed E-state index contributed by atoms with van der Waals surface area (Å²) >= 11 is 12.1. The van der Waals surface area contributed by atoms with E-state index in [0.29, 0.717) is 34.3 Å². The Balaban J connectivity index is 2.39. The second-order valence-electron chi connectivity index (χ2n) is 4.72. The van der Waals surface area contributed by atoms with Gasteiger partial charge in [-0.3, -0.25) is 0 Å². The first-order valence-electron chi connectivity index (χ1n) is 6.53. The molecule has 0 saturated carbocycles. The fourth-order valence-corrected chi connectivity index (χ4v) is 2.74. The third kappa shape index (κ3) is 3.67. The monoisotopic (exact) mass is 327 g/mol. The maximum atomic E-state index is 13.9. The number of hydrogen-bond acceptors (Lipinski definition) is 2. The minimum atomic E-state index is -0.332. The van der Waals surface area contributed by atoms with Crippen LogP contribution in [0.2, 0.25) is 10.0 Å². The van der Waals surface area contributed by atoms with Crippen molar-refractivity contribution in [3.63, 3.8) is 0 Å². The molecule has 0 heterocycles. The molecule has 0 spiro atoms. The van der Waals surface area contributed by atoms with Crippen LogP contribution in [0.3, 0.4) is 0 Å². The zero-order chi connectivity index (χ0) is 15.4. The van der Waals surface area contributed by atoms with Crippen molar-refractivity contribution >= 4 is 23.2 Å². The second-order valence-corrected chi connectivity index (χ2v) is 5.57. The van der Waals surface area contributed by atoms with Gasteiger partial charge in [0.1, 0.15) is 11.6 Å². The summed E-state index contributed by atoms with van der Waals surface area (Å²) in [4.78, 5) is 0. The van der Waals surface area contributed by atoms with E-state index in [0.717, 1.165) is 5.56 Å². The molecule has 0 saturated heterocycles. The average molecular weight is 328 g/mol. The average Bonchev–Trinajstić information content (AvgIpc) is 2.47. The van der Waals surface area contributed by atoms with Crippen molar-refractivity contribution in [3.05, 3.63) is 63.4 Å². The van der Waals surface area contributed by atoms with Gasteiger partial charge in [-0.2, -0.15) is 0 Å². The van der Waals surface area contributed by atoms with Gasteiger partial charge in [0, 0.05) is 27.1 Å². The van der Waals surface area contributed by atoms with E-state index in [4.69, 9.17) is 33.7 Å². The highest BCUT2D eigenvalue weighted by Gasteiger charge is 2.19. The minimum absolute atomic E-state index is 0.131. The molecule has 0 aliphatic rings. The molecule has 1 atom stereocenters. The molecule has 0 radical (unpaired) electrons. The lowest BCUT2D eigenvalue weighted by molar-refractivity contribution is 0.405. The number of ether oxygens (including phenoxy) is 1. The molecule has 0 aliphatic heterocycles. The van der Waals surface area contributed by atoms with Crippen LogP contribution in [0, 0.1) is 5.82 Å². The van der Waals surface area contributed by atoms with Crippen molar-refractivity contribution in [2.75, 3.05) is 13.7 Å². The predicted octanol–water partition coefficient (Wildman–Crippen LogP) is 4.43. The van der Waals surface area contributed by atoms with Crippen LogP contribution in [-0.2, 0) is 6.42 Å². The Bertz CT molecular complexity index is 613. The van der Waals surface area contributed by atoms with Gasteiger partial charge in [-0.1, -0.05) is 29.3 Å². The van der Waals surface area contributed by atoms with E-state index in [9.17, 15) is 4.39 Å². The van der Waals surface area contributed by atoms with Crippen LogP contribution in [0.4, 0.5) is 4.39 Å². The largest absolute Gasteiger partial charge is 0.496 e. The van der Waals surface area contributed by atoms with Crippen molar-refractivity contribution < 1.29 is 9.13 Å². The van der Waals surface area contributed by atoms with Gasteiger partial charge in [0.25, 0.3) is 0 Å². The summed E-state index contributed by atoms with van der Waals surface area (Å²) in [5, 5.41) is 0.985. The Labute approximate surface area is 133 Å². The number of halogens is 3. The van der Waals surface area contributed by atoms with Crippen LogP contribution in [0.5, 0.6) is 5.75 Å². The zero-order valence-corrected chi connectivity index (χ0v) is 13.1. The van der Waals surface area contributed by atoms with Gasteiger partial charge in [0.2, 0.25) is 0 Å². The maximum Gasteiger partial charge on any atom is 0.127 e. The van der Waals surface area contributed by atoms with Crippen LogP contribution in [0.15, 0.2) is 36.4 Å². The van der Waals surface area contributed by atoms with Crippen LogP contribution in [0.25, 0.3) is 0 Å². The molecule has 112 valence electrons. The Morgan fingerprint density at radius 3 is 2.62 bits per heavy atom. The number of benzene rings is 2. The summed E-state index contributed by atoms with van der Waals surface area (Å²) in [7, 11) is 1.58. The predicted molar refractivity (Wildman–Crippen MR) is 84.9 cm³/mol. The summed E-state index contributed by atoms with van der Waals surface area (Å²) < 4.78 is 19.3. The molecule has 2 aromatic carbocycles. The minimum Gasteiger partial charge on any atom is -0.496 e. The summed E-state index contributed by atoms with van der Waals surface area (Å²) in [6.45, 7) is 0.335. The van der Waals surface area contributed by atoms with Crippen molar-refractivity contribution in [1.29, 1.82) is 0 Å². The lowest BCUT2D eigenvalue weighted by atomic mass is 9.91. The molecule has 0 aliphatic carbocycles. The van der Waals surface area contributed by atoms with Crippen LogP contribution in [-0.4, -0.2) is 13.7 Å². The molecule has 2 nitrogen and oxygen atoms in total. The van der Waals surface area contributed by atoms with Gasteiger partial charge in [-0.05, 0) is 43.3 Å². The summed E-state index contributed by atoms with van der Waals surface area (Å²) in [5.74, 6) is 0.220. The van der Waals surface area contributed by atoms with E-state index in [1.54, 1.807) is 37.4 Å². The molecule has 2 aromatic rings. The van der Waals surface area contributed by atoms with Crippen molar-refractivity contribution in [1.82, 2.24) is 0 Å². The lowest BCUT2D eigenvalue weighted by Crippen LogP contribution is -2.17. The second kappa shape index (κ2) is 7.12. The maximum absolute atomic E-state index is 13.9. The fourth-order valence-electron chi connectivity index (χ4n) is 2.32. The van der Waals surface area contributed by atoms with Gasteiger partial charge < -0.3 is 10.5 Å². The molecule has 0 bridgehead atoms. The number of rotatable bonds is 5. The van der Waals surface area contributed by atoms with Crippen molar-refractivity contribution in [2.24, 2.45) is 5.73 Å². The van der Waals surface area contributed by atoms with Crippen molar-refractivity contribution in [2.45, 2.75) is 12.3 Å².